The van der Waals surface area contributed by atoms with E-state index >= 15 is 0 Å². The standard InChI is InChI=1S/C17H15FN2O3/c18-12-3-1-11(2-4-12)10-23-13-5-6-14-15(9-13)17(22)20(8-7-19)16(14)21/h1-6,9H,7-8,10,19H2. The van der Waals surface area contributed by atoms with E-state index in [2.05, 4.69) is 0 Å². The second kappa shape index (κ2) is 6.18. The summed E-state index contributed by atoms with van der Waals surface area (Å²) >= 11 is 0. The first-order valence-corrected chi connectivity index (χ1v) is 7.17. The summed E-state index contributed by atoms with van der Waals surface area (Å²) in [4.78, 5) is 25.4. The van der Waals surface area contributed by atoms with Gasteiger partial charge in [-0.1, -0.05) is 12.1 Å². The van der Waals surface area contributed by atoms with Gasteiger partial charge >= 0.3 is 0 Å². The van der Waals surface area contributed by atoms with Crippen molar-refractivity contribution in [1.82, 2.24) is 4.90 Å². The average molecular weight is 314 g/mol. The molecule has 0 saturated carbocycles. The zero-order chi connectivity index (χ0) is 16.4. The first kappa shape index (κ1) is 15.2. The highest BCUT2D eigenvalue weighted by atomic mass is 19.1. The first-order valence-electron chi connectivity index (χ1n) is 7.17. The number of rotatable bonds is 5. The molecule has 6 heteroatoms. The molecule has 118 valence electrons. The summed E-state index contributed by atoms with van der Waals surface area (Å²) in [5.74, 6) is -0.526. The lowest BCUT2D eigenvalue weighted by molar-refractivity contribution is 0.0658. The minimum absolute atomic E-state index is 0.193. The highest BCUT2D eigenvalue weighted by Gasteiger charge is 2.35. The van der Waals surface area contributed by atoms with Gasteiger partial charge in [-0.05, 0) is 35.9 Å². The van der Waals surface area contributed by atoms with Crippen LogP contribution in [-0.2, 0) is 6.61 Å². The van der Waals surface area contributed by atoms with E-state index < -0.39 is 0 Å². The topological polar surface area (TPSA) is 72.6 Å². The highest BCUT2D eigenvalue weighted by Crippen LogP contribution is 2.27. The molecular weight excluding hydrogens is 299 g/mol. The summed E-state index contributed by atoms with van der Waals surface area (Å²) in [6.07, 6.45) is 0. The van der Waals surface area contributed by atoms with Gasteiger partial charge in [-0.15, -0.1) is 0 Å². The lowest BCUT2D eigenvalue weighted by atomic mass is 10.1. The van der Waals surface area contributed by atoms with E-state index in [4.69, 9.17) is 10.5 Å². The van der Waals surface area contributed by atoms with Gasteiger partial charge in [-0.25, -0.2) is 4.39 Å². The van der Waals surface area contributed by atoms with Gasteiger partial charge in [0, 0.05) is 13.1 Å². The number of halogens is 1. The van der Waals surface area contributed by atoms with E-state index in [1.807, 2.05) is 0 Å². The van der Waals surface area contributed by atoms with Crippen molar-refractivity contribution >= 4 is 11.8 Å². The average Bonchev–Trinajstić information content (AvgIpc) is 2.79. The third-order valence-corrected chi connectivity index (χ3v) is 3.61. The third-order valence-electron chi connectivity index (χ3n) is 3.61. The molecule has 3 rings (SSSR count). The van der Waals surface area contributed by atoms with Crippen molar-refractivity contribution in [2.24, 2.45) is 5.73 Å². The van der Waals surface area contributed by atoms with E-state index in [9.17, 15) is 14.0 Å². The van der Waals surface area contributed by atoms with E-state index in [0.29, 0.717) is 16.9 Å². The molecule has 0 atom stereocenters. The largest absolute Gasteiger partial charge is 0.489 e. The molecule has 2 aromatic rings. The number of nitrogens with zero attached hydrogens (tertiary/aromatic N) is 1. The van der Waals surface area contributed by atoms with Gasteiger partial charge < -0.3 is 10.5 Å². The highest BCUT2D eigenvalue weighted by molar-refractivity contribution is 6.21. The lowest BCUT2D eigenvalue weighted by Crippen LogP contribution is -2.34. The van der Waals surface area contributed by atoms with Gasteiger partial charge in [-0.2, -0.15) is 0 Å². The molecule has 0 aliphatic carbocycles. The molecule has 0 spiro atoms. The van der Waals surface area contributed by atoms with Crippen LogP contribution in [0.25, 0.3) is 0 Å². The lowest BCUT2D eigenvalue weighted by Gasteiger charge is -2.11. The molecule has 2 N–H and O–H groups in total. The SMILES string of the molecule is NCCN1C(=O)c2ccc(OCc3ccc(F)cc3)cc2C1=O. The Morgan fingerprint density at radius 1 is 1.00 bits per heavy atom. The van der Waals surface area contributed by atoms with Crippen molar-refractivity contribution in [2.75, 3.05) is 13.1 Å². The second-order valence-corrected chi connectivity index (χ2v) is 5.17. The Bertz CT molecular complexity index is 759. The number of nitrogens with two attached hydrogens (primary N) is 1. The summed E-state index contributed by atoms with van der Waals surface area (Å²) in [7, 11) is 0. The van der Waals surface area contributed by atoms with Crippen molar-refractivity contribution in [2.45, 2.75) is 6.61 Å². The fraction of sp³-hybridized carbons (Fsp3) is 0.176. The van der Waals surface area contributed by atoms with Gasteiger partial charge in [0.15, 0.2) is 0 Å². The van der Waals surface area contributed by atoms with Crippen LogP contribution in [0.4, 0.5) is 4.39 Å². The van der Waals surface area contributed by atoms with E-state index in [-0.39, 0.29) is 37.3 Å². The number of carbonyl (C=O) groups excluding carboxylic acids is 2. The van der Waals surface area contributed by atoms with Crippen molar-refractivity contribution in [1.29, 1.82) is 0 Å². The van der Waals surface area contributed by atoms with Crippen LogP contribution < -0.4 is 10.5 Å². The van der Waals surface area contributed by atoms with Crippen molar-refractivity contribution in [3.63, 3.8) is 0 Å². The normalized spacial score (nSPS) is 13.4. The van der Waals surface area contributed by atoms with E-state index in [1.165, 1.54) is 12.1 Å². The zero-order valence-electron chi connectivity index (χ0n) is 12.3. The second-order valence-electron chi connectivity index (χ2n) is 5.17. The van der Waals surface area contributed by atoms with Crippen molar-refractivity contribution in [3.05, 3.63) is 65.0 Å². The maximum atomic E-state index is 12.9. The van der Waals surface area contributed by atoms with Crippen LogP contribution in [0.1, 0.15) is 26.3 Å². The monoisotopic (exact) mass is 314 g/mol. The van der Waals surface area contributed by atoms with E-state index in [0.717, 1.165) is 10.5 Å². The zero-order valence-corrected chi connectivity index (χ0v) is 12.3. The number of fused-ring (bicyclic) bond motifs is 1. The minimum Gasteiger partial charge on any atom is -0.489 e. The molecule has 2 aromatic carbocycles. The van der Waals surface area contributed by atoms with Gasteiger partial charge in [0.25, 0.3) is 11.8 Å². The summed E-state index contributed by atoms with van der Waals surface area (Å²) < 4.78 is 18.5. The first-order chi connectivity index (χ1) is 11.1. The molecule has 1 aliphatic heterocycles. The number of hydrogen-bond donors (Lipinski definition) is 1. The summed E-state index contributed by atoms with van der Waals surface area (Å²) in [6, 6.07) is 10.7. The summed E-state index contributed by atoms with van der Waals surface area (Å²) in [5.41, 5.74) is 6.91. The number of hydrogen-bond acceptors (Lipinski definition) is 4. The predicted molar refractivity (Wildman–Crippen MR) is 81.6 cm³/mol. The Kier molecular flexibility index (Phi) is 4.08. The molecular formula is C17H15FN2O3. The molecule has 0 saturated heterocycles. The maximum Gasteiger partial charge on any atom is 0.261 e. The molecule has 0 bridgehead atoms. The van der Waals surface area contributed by atoms with Crippen LogP contribution in [-0.4, -0.2) is 29.8 Å². The fourth-order valence-corrected chi connectivity index (χ4v) is 2.44. The third kappa shape index (κ3) is 2.93. The summed E-state index contributed by atoms with van der Waals surface area (Å²) in [6.45, 7) is 0.658. The predicted octanol–water partition coefficient (Wildman–Crippen LogP) is 1.96. The molecule has 0 aromatic heterocycles. The number of amides is 2. The molecule has 1 aliphatic rings. The number of ether oxygens (including phenoxy) is 1. The van der Waals surface area contributed by atoms with Crippen LogP contribution in [0.15, 0.2) is 42.5 Å². The van der Waals surface area contributed by atoms with Crippen LogP contribution in [0.3, 0.4) is 0 Å². The molecule has 0 fully saturated rings. The molecule has 2 amide bonds. The molecule has 5 nitrogen and oxygen atoms in total. The molecule has 23 heavy (non-hydrogen) atoms. The Morgan fingerprint density at radius 3 is 2.39 bits per heavy atom. The van der Waals surface area contributed by atoms with Crippen LogP contribution in [0.5, 0.6) is 5.75 Å². The Hall–Kier alpha value is -2.73. The van der Waals surface area contributed by atoms with Gasteiger partial charge in [0.2, 0.25) is 0 Å². The quantitative estimate of drug-likeness (QED) is 0.856. The van der Waals surface area contributed by atoms with Crippen molar-refractivity contribution in [3.8, 4) is 5.75 Å². The minimum atomic E-state index is -0.359. The fourth-order valence-electron chi connectivity index (χ4n) is 2.44. The Morgan fingerprint density at radius 2 is 1.70 bits per heavy atom. The Labute approximate surface area is 132 Å². The number of imide groups is 1. The van der Waals surface area contributed by atoms with Crippen LogP contribution in [0, 0.1) is 5.82 Å². The van der Waals surface area contributed by atoms with Crippen molar-refractivity contribution < 1.29 is 18.7 Å². The summed E-state index contributed by atoms with van der Waals surface area (Å²) in [5, 5.41) is 0. The molecule has 0 unspecified atom stereocenters. The van der Waals surface area contributed by atoms with Crippen LogP contribution in [0.2, 0.25) is 0 Å². The van der Waals surface area contributed by atoms with Gasteiger partial charge in [-0.3, -0.25) is 14.5 Å². The Balaban J connectivity index is 1.76. The number of benzene rings is 2. The van der Waals surface area contributed by atoms with Gasteiger partial charge in [0.05, 0.1) is 11.1 Å². The molecule has 0 radical (unpaired) electrons. The smallest absolute Gasteiger partial charge is 0.261 e. The van der Waals surface area contributed by atoms with Gasteiger partial charge in [0.1, 0.15) is 18.2 Å². The van der Waals surface area contributed by atoms with E-state index in [1.54, 1.807) is 30.3 Å². The maximum absolute atomic E-state index is 12.9. The number of carbonyl (C=O) groups is 2. The van der Waals surface area contributed by atoms with Crippen LogP contribution >= 0.6 is 0 Å². The molecule has 1 heterocycles.